The second-order valence-corrected chi connectivity index (χ2v) is 3.47. The summed E-state index contributed by atoms with van der Waals surface area (Å²) in [5, 5.41) is 18.1. The van der Waals surface area contributed by atoms with Crippen molar-refractivity contribution in [2.24, 2.45) is 0 Å². The second kappa shape index (κ2) is 4.49. The van der Waals surface area contributed by atoms with Crippen LogP contribution in [-0.4, -0.2) is 23.3 Å². The van der Waals surface area contributed by atoms with Crippen LogP contribution >= 0.6 is 0 Å². The molecule has 1 rings (SSSR count). The summed E-state index contributed by atoms with van der Waals surface area (Å²) in [5.74, 6) is -1.76. The van der Waals surface area contributed by atoms with Gasteiger partial charge in [0.2, 0.25) is 0 Å². The summed E-state index contributed by atoms with van der Waals surface area (Å²) >= 11 is 0. The van der Waals surface area contributed by atoms with E-state index in [9.17, 15) is 14.3 Å². The van der Waals surface area contributed by atoms with Gasteiger partial charge in [-0.25, -0.2) is 9.18 Å². The lowest BCUT2D eigenvalue weighted by molar-refractivity contribution is -0.147. The molecule has 0 fully saturated rings. The Balaban J connectivity index is 3.42. The van der Waals surface area contributed by atoms with Crippen LogP contribution in [0.1, 0.15) is 22.8 Å². The van der Waals surface area contributed by atoms with Crippen LogP contribution in [0.2, 0.25) is 0 Å². The van der Waals surface area contributed by atoms with E-state index in [2.05, 4.69) is 0 Å². The zero-order chi connectivity index (χ0) is 12.5. The molecule has 0 spiro atoms. The molecule has 0 amide bonds. The van der Waals surface area contributed by atoms with Gasteiger partial charge in [-0.15, -0.1) is 0 Å². The number of aliphatic carboxylic acids is 1. The van der Waals surface area contributed by atoms with Crippen molar-refractivity contribution in [2.75, 3.05) is 7.11 Å². The molecule has 0 saturated carbocycles. The summed E-state index contributed by atoms with van der Waals surface area (Å²) in [4.78, 5) is 10.6. The Bertz CT molecular complexity index is 428. The van der Waals surface area contributed by atoms with Gasteiger partial charge in [-0.05, 0) is 25.5 Å². The molecular formula is C11H13FO4. The van der Waals surface area contributed by atoms with Gasteiger partial charge in [-0.3, -0.25) is 0 Å². The highest BCUT2D eigenvalue weighted by molar-refractivity contribution is 5.75. The average molecular weight is 228 g/mol. The topological polar surface area (TPSA) is 66.8 Å². The van der Waals surface area contributed by atoms with Crippen molar-refractivity contribution in [3.63, 3.8) is 0 Å². The minimum absolute atomic E-state index is 0.00690. The fourth-order valence-electron chi connectivity index (χ4n) is 1.60. The Kier molecular flexibility index (Phi) is 3.49. The van der Waals surface area contributed by atoms with E-state index in [-0.39, 0.29) is 11.3 Å². The third-order valence-electron chi connectivity index (χ3n) is 2.49. The molecule has 1 unspecified atom stereocenters. The van der Waals surface area contributed by atoms with E-state index < -0.39 is 17.9 Å². The van der Waals surface area contributed by atoms with Crippen LogP contribution in [0.3, 0.4) is 0 Å². The highest BCUT2D eigenvalue weighted by Gasteiger charge is 2.23. The number of halogens is 1. The second-order valence-electron chi connectivity index (χ2n) is 3.47. The maximum Gasteiger partial charge on any atom is 0.337 e. The van der Waals surface area contributed by atoms with Crippen molar-refractivity contribution in [3.8, 4) is 5.75 Å². The maximum absolute atomic E-state index is 13.4. The smallest absolute Gasteiger partial charge is 0.337 e. The number of ether oxygens (including phenoxy) is 1. The number of aliphatic hydroxyl groups excluding tert-OH is 1. The lowest BCUT2D eigenvalue weighted by atomic mass is 9.99. The van der Waals surface area contributed by atoms with E-state index >= 15 is 0 Å². The Morgan fingerprint density at radius 2 is 2.00 bits per heavy atom. The van der Waals surface area contributed by atoms with Gasteiger partial charge in [0.1, 0.15) is 11.6 Å². The molecular weight excluding hydrogens is 215 g/mol. The van der Waals surface area contributed by atoms with Crippen molar-refractivity contribution in [1.82, 2.24) is 0 Å². The number of hydrogen-bond donors (Lipinski definition) is 2. The van der Waals surface area contributed by atoms with Gasteiger partial charge in [0.05, 0.1) is 7.11 Å². The number of carboxylic acids is 1. The number of benzene rings is 1. The van der Waals surface area contributed by atoms with E-state index in [0.29, 0.717) is 11.1 Å². The van der Waals surface area contributed by atoms with E-state index in [1.165, 1.54) is 14.0 Å². The minimum atomic E-state index is -1.75. The largest absolute Gasteiger partial charge is 0.496 e. The SMILES string of the molecule is COc1c(C)c(F)cc(C(O)C(=O)O)c1C. The van der Waals surface area contributed by atoms with Gasteiger partial charge in [0, 0.05) is 11.1 Å². The van der Waals surface area contributed by atoms with Crippen molar-refractivity contribution in [1.29, 1.82) is 0 Å². The Labute approximate surface area is 92.3 Å². The first-order valence-electron chi connectivity index (χ1n) is 4.64. The number of hydrogen-bond acceptors (Lipinski definition) is 3. The lowest BCUT2D eigenvalue weighted by Gasteiger charge is -2.15. The summed E-state index contributed by atoms with van der Waals surface area (Å²) in [6.45, 7) is 3.10. The molecule has 1 atom stereocenters. The molecule has 4 nitrogen and oxygen atoms in total. The number of rotatable bonds is 3. The standard InChI is InChI=1S/C11H13FO4/c1-5-7(9(13)11(14)15)4-8(12)6(2)10(5)16-3/h4,9,13H,1-3H3,(H,14,15). The predicted molar refractivity (Wildman–Crippen MR) is 55.0 cm³/mol. The van der Waals surface area contributed by atoms with Crippen LogP contribution in [0.5, 0.6) is 5.75 Å². The van der Waals surface area contributed by atoms with Crippen molar-refractivity contribution >= 4 is 5.97 Å². The monoisotopic (exact) mass is 228 g/mol. The summed E-state index contributed by atoms with van der Waals surface area (Å²) in [7, 11) is 1.37. The molecule has 0 aliphatic rings. The molecule has 0 bridgehead atoms. The summed E-state index contributed by atoms with van der Waals surface area (Å²) in [6, 6.07) is 1.02. The van der Waals surface area contributed by atoms with Gasteiger partial charge in [-0.2, -0.15) is 0 Å². The minimum Gasteiger partial charge on any atom is -0.496 e. The fourth-order valence-corrected chi connectivity index (χ4v) is 1.60. The molecule has 0 aliphatic heterocycles. The zero-order valence-electron chi connectivity index (χ0n) is 9.24. The molecule has 1 aromatic carbocycles. The summed E-state index contributed by atoms with van der Waals surface area (Å²) in [6.07, 6.45) is -1.75. The first-order valence-corrected chi connectivity index (χ1v) is 4.64. The predicted octanol–water partition coefficient (Wildman–Crippen LogP) is 1.57. The van der Waals surface area contributed by atoms with Crippen LogP contribution in [0.25, 0.3) is 0 Å². The molecule has 0 aromatic heterocycles. The molecule has 5 heteroatoms. The summed E-state index contributed by atoms with van der Waals surface area (Å²) < 4.78 is 18.4. The quantitative estimate of drug-likeness (QED) is 0.824. The summed E-state index contributed by atoms with van der Waals surface area (Å²) in [5.41, 5.74) is 0.727. The average Bonchev–Trinajstić information content (AvgIpc) is 2.23. The molecule has 88 valence electrons. The normalized spacial score (nSPS) is 12.3. The van der Waals surface area contributed by atoms with Gasteiger partial charge in [0.15, 0.2) is 6.10 Å². The third kappa shape index (κ3) is 1.99. The maximum atomic E-state index is 13.4. The van der Waals surface area contributed by atoms with E-state index in [0.717, 1.165) is 6.07 Å². The van der Waals surface area contributed by atoms with Crippen LogP contribution in [0, 0.1) is 19.7 Å². The van der Waals surface area contributed by atoms with Crippen molar-refractivity contribution in [2.45, 2.75) is 20.0 Å². The number of aliphatic hydroxyl groups is 1. The first kappa shape index (κ1) is 12.4. The van der Waals surface area contributed by atoms with Crippen molar-refractivity contribution < 1.29 is 24.1 Å². The molecule has 0 saturated heterocycles. The zero-order valence-corrected chi connectivity index (χ0v) is 9.24. The molecule has 2 N–H and O–H groups in total. The number of carboxylic acid groups (broad SMARTS) is 1. The van der Waals surface area contributed by atoms with Crippen LogP contribution in [0.4, 0.5) is 4.39 Å². The fraction of sp³-hybridized carbons (Fsp3) is 0.364. The van der Waals surface area contributed by atoms with E-state index in [4.69, 9.17) is 9.84 Å². The van der Waals surface area contributed by atoms with Gasteiger partial charge in [-0.1, -0.05) is 0 Å². The Morgan fingerprint density at radius 3 is 2.44 bits per heavy atom. The third-order valence-corrected chi connectivity index (χ3v) is 2.49. The van der Waals surface area contributed by atoms with E-state index in [1.54, 1.807) is 6.92 Å². The Morgan fingerprint density at radius 1 is 1.44 bits per heavy atom. The lowest BCUT2D eigenvalue weighted by Crippen LogP contribution is -2.13. The van der Waals surface area contributed by atoms with E-state index in [1.807, 2.05) is 0 Å². The van der Waals surface area contributed by atoms with Gasteiger partial charge in [0.25, 0.3) is 0 Å². The molecule has 0 aliphatic carbocycles. The van der Waals surface area contributed by atoms with Crippen molar-refractivity contribution in [3.05, 3.63) is 28.6 Å². The van der Waals surface area contributed by atoms with Gasteiger partial charge >= 0.3 is 5.97 Å². The van der Waals surface area contributed by atoms with Crippen LogP contribution < -0.4 is 4.74 Å². The van der Waals surface area contributed by atoms with Crippen LogP contribution in [0.15, 0.2) is 6.07 Å². The number of carbonyl (C=O) groups is 1. The molecule has 0 heterocycles. The van der Waals surface area contributed by atoms with Crippen LogP contribution in [-0.2, 0) is 4.79 Å². The highest BCUT2D eigenvalue weighted by Crippen LogP contribution is 2.31. The highest BCUT2D eigenvalue weighted by atomic mass is 19.1. The number of methoxy groups -OCH3 is 1. The van der Waals surface area contributed by atoms with Gasteiger partial charge < -0.3 is 14.9 Å². The molecule has 16 heavy (non-hydrogen) atoms. The first-order chi connectivity index (χ1) is 7.40. The Hall–Kier alpha value is -1.62. The molecule has 1 aromatic rings. The molecule has 0 radical (unpaired) electrons.